The van der Waals surface area contributed by atoms with Gasteiger partial charge >= 0.3 is 0 Å². The average Bonchev–Trinajstić information content (AvgIpc) is 2.94. The van der Waals surface area contributed by atoms with Crippen molar-refractivity contribution in [1.82, 2.24) is 9.80 Å². The summed E-state index contributed by atoms with van der Waals surface area (Å²) in [6.45, 7) is 6.82. The minimum absolute atomic E-state index is 0.166. The molecule has 116 valence electrons. The Morgan fingerprint density at radius 3 is 2.76 bits per heavy atom. The normalized spacial score (nSPS) is 18.3. The largest absolute Gasteiger partial charge is 0.385 e. The number of nitrogens with zero attached hydrogens (tertiary/aromatic N) is 2. The third kappa shape index (κ3) is 3.76. The zero-order chi connectivity index (χ0) is 15.4. The quantitative estimate of drug-likeness (QED) is 0.905. The molecule has 0 bridgehead atoms. The monoisotopic (exact) mass is 289 g/mol. The van der Waals surface area contributed by atoms with Gasteiger partial charge in [-0.2, -0.15) is 0 Å². The van der Waals surface area contributed by atoms with Gasteiger partial charge in [-0.3, -0.25) is 4.79 Å². The van der Waals surface area contributed by atoms with Crippen LogP contribution in [0.3, 0.4) is 0 Å². The maximum absolute atomic E-state index is 12.6. The molecule has 1 N–H and O–H groups in total. The predicted molar refractivity (Wildman–Crippen MR) is 88.0 cm³/mol. The van der Waals surface area contributed by atoms with E-state index in [-0.39, 0.29) is 5.91 Å². The van der Waals surface area contributed by atoms with Crippen LogP contribution in [-0.2, 0) is 0 Å². The molecule has 1 heterocycles. The Bertz CT molecular complexity index is 499. The number of hydrogen-bond donors (Lipinski definition) is 1. The summed E-state index contributed by atoms with van der Waals surface area (Å²) in [7, 11) is 4.16. The second kappa shape index (κ2) is 6.94. The van der Waals surface area contributed by atoms with Crippen LogP contribution in [0.2, 0.25) is 0 Å². The lowest BCUT2D eigenvalue weighted by Crippen LogP contribution is -2.34. The van der Waals surface area contributed by atoms with E-state index in [1.54, 1.807) is 0 Å². The van der Waals surface area contributed by atoms with E-state index in [4.69, 9.17) is 0 Å². The summed E-state index contributed by atoms with van der Waals surface area (Å²) >= 11 is 0. The minimum atomic E-state index is 0.166. The van der Waals surface area contributed by atoms with E-state index in [9.17, 15) is 4.79 Å². The van der Waals surface area contributed by atoms with Gasteiger partial charge in [-0.05, 0) is 57.6 Å². The predicted octanol–water partition coefficient (Wildman–Crippen LogP) is 2.59. The molecular weight excluding hydrogens is 262 g/mol. The highest BCUT2D eigenvalue weighted by molar-refractivity contribution is 5.96. The Labute approximate surface area is 128 Å². The molecule has 1 saturated heterocycles. The molecule has 0 radical (unpaired) electrons. The van der Waals surface area contributed by atoms with Crippen molar-refractivity contribution in [1.29, 1.82) is 0 Å². The maximum Gasteiger partial charge on any atom is 0.254 e. The lowest BCUT2D eigenvalue weighted by Gasteiger charge is -2.21. The van der Waals surface area contributed by atoms with Crippen LogP contribution in [0, 0.1) is 6.92 Å². The fourth-order valence-electron chi connectivity index (χ4n) is 2.80. The van der Waals surface area contributed by atoms with E-state index < -0.39 is 0 Å². The Morgan fingerprint density at radius 1 is 1.43 bits per heavy atom. The van der Waals surface area contributed by atoms with Crippen molar-refractivity contribution in [2.75, 3.05) is 39.0 Å². The van der Waals surface area contributed by atoms with E-state index in [2.05, 4.69) is 37.3 Å². The minimum Gasteiger partial charge on any atom is -0.385 e. The Morgan fingerprint density at radius 2 is 2.19 bits per heavy atom. The number of aryl methyl sites for hydroxylation is 1. The zero-order valence-electron chi connectivity index (χ0n) is 13.6. The van der Waals surface area contributed by atoms with Crippen molar-refractivity contribution in [3.8, 4) is 0 Å². The summed E-state index contributed by atoms with van der Waals surface area (Å²) < 4.78 is 0. The van der Waals surface area contributed by atoms with Gasteiger partial charge in [-0.1, -0.05) is 6.92 Å². The molecule has 4 heteroatoms. The first-order chi connectivity index (χ1) is 10.0. The highest BCUT2D eigenvalue weighted by Gasteiger charge is 2.28. The number of nitrogens with one attached hydrogen (secondary N) is 1. The van der Waals surface area contributed by atoms with Gasteiger partial charge in [-0.15, -0.1) is 0 Å². The van der Waals surface area contributed by atoms with Crippen molar-refractivity contribution in [2.45, 2.75) is 32.7 Å². The van der Waals surface area contributed by atoms with Crippen LogP contribution in [0.25, 0.3) is 0 Å². The van der Waals surface area contributed by atoms with Crippen LogP contribution in [0.15, 0.2) is 18.2 Å². The van der Waals surface area contributed by atoms with Gasteiger partial charge in [0.15, 0.2) is 0 Å². The number of carbonyl (C=O) groups excluding carboxylic acids is 1. The van der Waals surface area contributed by atoms with Crippen LogP contribution in [-0.4, -0.2) is 55.5 Å². The standard InChI is InChI=1S/C17H27N3O/c1-5-9-18-14-6-7-16(13(2)11-14)17(21)20-10-8-15(12-20)19(3)4/h6-7,11,15,18H,5,8-10,12H2,1-4H3. The number of amides is 1. The molecule has 0 aliphatic carbocycles. The number of carbonyl (C=O) groups is 1. The SMILES string of the molecule is CCCNc1ccc(C(=O)N2CCC(N(C)C)C2)c(C)c1. The highest BCUT2D eigenvalue weighted by atomic mass is 16.2. The van der Waals surface area contributed by atoms with Crippen molar-refractivity contribution in [3.05, 3.63) is 29.3 Å². The molecule has 1 aliphatic heterocycles. The van der Waals surface area contributed by atoms with Crippen molar-refractivity contribution in [2.24, 2.45) is 0 Å². The van der Waals surface area contributed by atoms with Crippen LogP contribution in [0.1, 0.15) is 35.7 Å². The molecule has 1 unspecified atom stereocenters. The molecule has 0 aromatic heterocycles. The first kappa shape index (κ1) is 15.8. The average molecular weight is 289 g/mol. The van der Waals surface area contributed by atoms with E-state index in [0.29, 0.717) is 6.04 Å². The maximum atomic E-state index is 12.6. The molecule has 1 aliphatic rings. The van der Waals surface area contributed by atoms with Crippen LogP contribution < -0.4 is 5.32 Å². The zero-order valence-corrected chi connectivity index (χ0v) is 13.6. The third-order valence-corrected chi connectivity index (χ3v) is 4.22. The topological polar surface area (TPSA) is 35.6 Å². The Hall–Kier alpha value is -1.55. The van der Waals surface area contributed by atoms with E-state index >= 15 is 0 Å². The van der Waals surface area contributed by atoms with Gasteiger partial charge in [0.2, 0.25) is 0 Å². The van der Waals surface area contributed by atoms with Crippen LogP contribution in [0.5, 0.6) is 0 Å². The third-order valence-electron chi connectivity index (χ3n) is 4.22. The number of rotatable bonds is 5. The van der Waals surface area contributed by atoms with Gasteiger partial charge < -0.3 is 15.1 Å². The number of benzene rings is 1. The van der Waals surface area contributed by atoms with E-state index in [1.807, 2.05) is 24.0 Å². The van der Waals surface area contributed by atoms with Gasteiger partial charge in [0.05, 0.1) is 0 Å². The fourth-order valence-corrected chi connectivity index (χ4v) is 2.80. The number of likely N-dealkylation sites (N-methyl/N-ethyl adjacent to an activating group) is 1. The molecule has 0 saturated carbocycles. The molecule has 2 rings (SSSR count). The highest BCUT2D eigenvalue weighted by Crippen LogP contribution is 2.20. The van der Waals surface area contributed by atoms with E-state index in [0.717, 1.165) is 49.3 Å². The lowest BCUT2D eigenvalue weighted by atomic mass is 10.1. The summed E-state index contributed by atoms with van der Waals surface area (Å²) in [6, 6.07) is 6.52. The molecule has 1 aromatic carbocycles. The summed E-state index contributed by atoms with van der Waals surface area (Å²) in [5.41, 5.74) is 2.98. The molecule has 4 nitrogen and oxygen atoms in total. The first-order valence-electron chi connectivity index (χ1n) is 7.83. The molecule has 0 spiro atoms. The summed E-state index contributed by atoms with van der Waals surface area (Å²) in [6.07, 6.45) is 2.16. The smallest absolute Gasteiger partial charge is 0.254 e. The second-order valence-electron chi connectivity index (χ2n) is 6.11. The Kier molecular flexibility index (Phi) is 5.23. The molecule has 1 amide bonds. The summed E-state index contributed by atoms with van der Waals surface area (Å²) in [5, 5.41) is 3.36. The van der Waals surface area contributed by atoms with Gasteiger partial charge in [0.1, 0.15) is 0 Å². The molecule has 1 fully saturated rings. The fraction of sp³-hybridized carbons (Fsp3) is 0.588. The summed E-state index contributed by atoms with van der Waals surface area (Å²) in [5.74, 6) is 0.166. The molecule has 1 atom stereocenters. The van der Waals surface area contributed by atoms with E-state index in [1.165, 1.54) is 0 Å². The van der Waals surface area contributed by atoms with Crippen molar-refractivity contribution >= 4 is 11.6 Å². The van der Waals surface area contributed by atoms with Crippen LogP contribution >= 0.6 is 0 Å². The number of hydrogen-bond acceptors (Lipinski definition) is 3. The van der Waals surface area contributed by atoms with Gasteiger partial charge in [0, 0.05) is 36.9 Å². The van der Waals surface area contributed by atoms with Crippen LogP contribution in [0.4, 0.5) is 5.69 Å². The first-order valence-corrected chi connectivity index (χ1v) is 7.83. The van der Waals surface area contributed by atoms with Crippen molar-refractivity contribution in [3.63, 3.8) is 0 Å². The second-order valence-corrected chi connectivity index (χ2v) is 6.11. The molecule has 1 aromatic rings. The number of anilines is 1. The molecular formula is C17H27N3O. The molecule has 21 heavy (non-hydrogen) atoms. The Balaban J connectivity index is 2.06. The number of likely N-dealkylation sites (tertiary alicyclic amines) is 1. The van der Waals surface area contributed by atoms with Gasteiger partial charge in [0.25, 0.3) is 5.91 Å². The van der Waals surface area contributed by atoms with Crippen molar-refractivity contribution < 1.29 is 4.79 Å². The summed E-state index contributed by atoms with van der Waals surface area (Å²) in [4.78, 5) is 16.8. The lowest BCUT2D eigenvalue weighted by molar-refractivity contribution is 0.0782. The van der Waals surface area contributed by atoms with Gasteiger partial charge in [-0.25, -0.2) is 0 Å².